The molecule has 0 saturated carbocycles. The van der Waals surface area contributed by atoms with E-state index in [-0.39, 0.29) is 5.25 Å². The molecular formula is C18H22N4O2S. The number of sulfone groups is 1. The summed E-state index contributed by atoms with van der Waals surface area (Å²) in [5.41, 5.74) is 0.869. The minimum atomic E-state index is -3.32. The Bertz CT molecular complexity index is 981. The van der Waals surface area contributed by atoms with Crippen LogP contribution in [0.5, 0.6) is 0 Å². The Morgan fingerprint density at radius 1 is 1.24 bits per heavy atom. The van der Waals surface area contributed by atoms with Crippen LogP contribution in [-0.4, -0.2) is 46.2 Å². The summed E-state index contributed by atoms with van der Waals surface area (Å²) in [5, 5.41) is 0.474. The lowest BCUT2D eigenvalue weighted by molar-refractivity contribution is 0.215. The van der Waals surface area contributed by atoms with E-state index in [4.69, 9.17) is 0 Å². The van der Waals surface area contributed by atoms with Gasteiger partial charge in [-0.3, -0.25) is 4.90 Å². The van der Waals surface area contributed by atoms with Crippen LogP contribution in [0.1, 0.15) is 18.7 Å². The molecule has 132 valence electrons. The molecule has 1 aromatic carbocycles. The van der Waals surface area contributed by atoms with Crippen molar-refractivity contribution in [2.45, 2.75) is 29.5 Å². The van der Waals surface area contributed by atoms with Crippen molar-refractivity contribution in [3.63, 3.8) is 0 Å². The van der Waals surface area contributed by atoms with E-state index in [2.05, 4.69) is 14.9 Å². The molecule has 7 heteroatoms. The number of aromatic amines is 1. The third-order valence-electron chi connectivity index (χ3n) is 5.12. The average molecular weight is 358 g/mol. The Kier molecular flexibility index (Phi) is 4.13. The number of nitrogens with zero attached hydrogens (tertiary/aromatic N) is 3. The fourth-order valence-electron chi connectivity index (χ4n) is 3.59. The highest BCUT2D eigenvalue weighted by atomic mass is 32.2. The van der Waals surface area contributed by atoms with Crippen LogP contribution in [0.25, 0.3) is 10.9 Å². The van der Waals surface area contributed by atoms with Crippen LogP contribution >= 0.6 is 0 Å². The van der Waals surface area contributed by atoms with Gasteiger partial charge in [0.2, 0.25) is 0 Å². The number of imidazole rings is 1. The highest BCUT2D eigenvalue weighted by Gasteiger charge is 2.33. The summed E-state index contributed by atoms with van der Waals surface area (Å²) in [5.74, 6) is 1.01. The molecular weight excluding hydrogens is 336 g/mol. The molecule has 1 aliphatic rings. The standard InChI is InChI=1S/C18H22N4O2S/c1-21-11-8-19-18(21)13-22-9-6-14(7-10-22)25(23,24)17-12-20-16-5-3-2-4-15(16)17/h2-5,8,11-12,14,20H,6-7,9-10,13H2,1H3. The second kappa shape index (κ2) is 6.31. The second-order valence-corrected chi connectivity index (χ2v) is 8.87. The van der Waals surface area contributed by atoms with E-state index in [1.807, 2.05) is 42.1 Å². The van der Waals surface area contributed by atoms with Gasteiger partial charge in [0.05, 0.1) is 16.7 Å². The Morgan fingerprint density at radius 3 is 2.72 bits per heavy atom. The third-order valence-corrected chi connectivity index (χ3v) is 7.42. The van der Waals surface area contributed by atoms with E-state index in [0.29, 0.717) is 17.7 Å². The summed E-state index contributed by atoms with van der Waals surface area (Å²) in [6.07, 6.45) is 6.69. The van der Waals surface area contributed by atoms with Crippen LogP contribution in [0.15, 0.2) is 47.8 Å². The molecule has 1 saturated heterocycles. The number of likely N-dealkylation sites (tertiary alicyclic amines) is 1. The maximum absolute atomic E-state index is 13.1. The highest BCUT2D eigenvalue weighted by molar-refractivity contribution is 7.92. The van der Waals surface area contributed by atoms with Gasteiger partial charge in [0, 0.05) is 36.5 Å². The Labute approximate surface area is 147 Å². The summed E-state index contributed by atoms with van der Waals surface area (Å²) in [6, 6.07) is 7.56. The lowest BCUT2D eigenvalue weighted by atomic mass is 10.1. The number of H-pyrrole nitrogens is 1. The molecule has 0 unspecified atom stereocenters. The molecule has 2 aromatic heterocycles. The molecule has 0 atom stereocenters. The fraction of sp³-hybridized carbons (Fsp3) is 0.389. The number of hydrogen-bond donors (Lipinski definition) is 1. The van der Waals surface area contributed by atoms with Gasteiger partial charge >= 0.3 is 0 Å². The maximum atomic E-state index is 13.1. The van der Waals surface area contributed by atoms with Crippen molar-refractivity contribution in [3.05, 3.63) is 48.7 Å². The minimum Gasteiger partial charge on any atom is -0.360 e. The Hall–Kier alpha value is -2.12. The zero-order chi connectivity index (χ0) is 17.4. The number of para-hydroxylation sites is 1. The Balaban J connectivity index is 1.49. The van der Waals surface area contributed by atoms with E-state index in [9.17, 15) is 8.42 Å². The molecule has 0 bridgehead atoms. The topological polar surface area (TPSA) is 71.0 Å². The molecule has 0 aliphatic carbocycles. The van der Waals surface area contributed by atoms with Gasteiger partial charge in [-0.15, -0.1) is 0 Å². The predicted octanol–water partition coefficient (Wildman–Crippen LogP) is 2.34. The quantitative estimate of drug-likeness (QED) is 0.777. The smallest absolute Gasteiger partial charge is 0.183 e. The fourth-order valence-corrected chi connectivity index (χ4v) is 5.48. The Morgan fingerprint density at radius 2 is 2.00 bits per heavy atom. The number of aryl methyl sites for hydroxylation is 1. The normalized spacial score (nSPS) is 17.3. The van der Waals surface area contributed by atoms with Gasteiger partial charge in [-0.25, -0.2) is 13.4 Å². The molecule has 3 heterocycles. The molecule has 25 heavy (non-hydrogen) atoms. The third kappa shape index (κ3) is 2.98. The first kappa shape index (κ1) is 16.4. The van der Waals surface area contributed by atoms with E-state index in [0.717, 1.165) is 36.4 Å². The zero-order valence-corrected chi connectivity index (χ0v) is 15.0. The number of hydrogen-bond acceptors (Lipinski definition) is 4. The number of aromatic nitrogens is 3. The second-order valence-electron chi connectivity index (χ2n) is 6.67. The van der Waals surface area contributed by atoms with Gasteiger partial charge in [0.15, 0.2) is 9.84 Å². The van der Waals surface area contributed by atoms with Gasteiger partial charge < -0.3 is 9.55 Å². The van der Waals surface area contributed by atoms with Crippen molar-refractivity contribution >= 4 is 20.7 Å². The van der Waals surface area contributed by atoms with Gasteiger partial charge in [0.1, 0.15) is 5.82 Å². The molecule has 0 amide bonds. The zero-order valence-electron chi connectivity index (χ0n) is 14.2. The van der Waals surface area contributed by atoms with E-state index in [1.54, 1.807) is 12.4 Å². The molecule has 1 fully saturated rings. The van der Waals surface area contributed by atoms with Crippen molar-refractivity contribution in [3.8, 4) is 0 Å². The van der Waals surface area contributed by atoms with Crippen LogP contribution in [0.2, 0.25) is 0 Å². The largest absolute Gasteiger partial charge is 0.360 e. The molecule has 4 rings (SSSR count). The summed E-state index contributed by atoms with van der Waals surface area (Å²) in [6.45, 7) is 2.32. The molecule has 0 radical (unpaired) electrons. The molecule has 1 aliphatic heterocycles. The van der Waals surface area contributed by atoms with Crippen LogP contribution < -0.4 is 0 Å². The van der Waals surface area contributed by atoms with Crippen LogP contribution in [0, 0.1) is 0 Å². The summed E-state index contributed by atoms with van der Waals surface area (Å²) < 4.78 is 28.2. The minimum absolute atomic E-state index is 0.315. The van der Waals surface area contributed by atoms with Crippen LogP contribution in [0.3, 0.4) is 0 Å². The van der Waals surface area contributed by atoms with Gasteiger partial charge in [0.25, 0.3) is 0 Å². The SMILES string of the molecule is Cn1ccnc1CN1CCC(S(=O)(=O)c2c[nH]c3ccccc23)CC1. The lowest BCUT2D eigenvalue weighted by Crippen LogP contribution is -2.39. The van der Waals surface area contributed by atoms with Crippen LogP contribution in [-0.2, 0) is 23.4 Å². The lowest BCUT2D eigenvalue weighted by Gasteiger charge is -2.31. The number of fused-ring (bicyclic) bond motifs is 1. The predicted molar refractivity (Wildman–Crippen MR) is 97.0 cm³/mol. The number of benzene rings is 1. The first-order chi connectivity index (χ1) is 12.1. The monoisotopic (exact) mass is 358 g/mol. The molecule has 0 spiro atoms. The van der Waals surface area contributed by atoms with Crippen molar-refractivity contribution in [1.29, 1.82) is 0 Å². The summed E-state index contributed by atoms with van der Waals surface area (Å²) in [7, 11) is -1.33. The van der Waals surface area contributed by atoms with E-state index < -0.39 is 9.84 Å². The first-order valence-corrected chi connectivity index (χ1v) is 10.1. The number of rotatable bonds is 4. The van der Waals surface area contributed by atoms with Crippen molar-refractivity contribution in [2.24, 2.45) is 7.05 Å². The first-order valence-electron chi connectivity index (χ1n) is 8.54. The number of piperidine rings is 1. The van der Waals surface area contributed by atoms with Gasteiger partial charge in [-0.05, 0) is 32.0 Å². The van der Waals surface area contributed by atoms with Crippen molar-refractivity contribution in [2.75, 3.05) is 13.1 Å². The van der Waals surface area contributed by atoms with E-state index >= 15 is 0 Å². The number of nitrogens with one attached hydrogen (secondary N) is 1. The molecule has 6 nitrogen and oxygen atoms in total. The van der Waals surface area contributed by atoms with Crippen molar-refractivity contribution in [1.82, 2.24) is 19.4 Å². The maximum Gasteiger partial charge on any atom is 0.183 e. The molecule has 1 N–H and O–H groups in total. The van der Waals surface area contributed by atoms with E-state index in [1.165, 1.54) is 0 Å². The summed E-state index contributed by atoms with van der Waals surface area (Å²) in [4.78, 5) is 10.1. The van der Waals surface area contributed by atoms with Crippen LogP contribution in [0.4, 0.5) is 0 Å². The van der Waals surface area contributed by atoms with Gasteiger partial charge in [-0.1, -0.05) is 18.2 Å². The highest BCUT2D eigenvalue weighted by Crippen LogP contribution is 2.30. The molecule has 3 aromatic rings. The summed E-state index contributed by atoms with van der Waals surface area (Å²) >= 11 is 0. The average Bonchev–Trinajstić information content (AvgIpc) is 3.22. The van der Waals surface area contributed by atoms with Crippen molar-refractivity contribution < 1.29 is 8.42 Å². The van der Waals surface area contributed by atoms with Gasteiger partial charge in [-0.2, -0.15) is 0 Å².